The highest BCUT2D eigenvalue weighted by Crippen LogP contribution is 2.35. The number of hydrogen-bond acceptors (Lipinski definition) is 4. The van der Waals surface area contributed by atoms with Gasteiger partial charge in [0.15, 0.2) is 0 Å². The zero-order chi connectivity index (χ0) is 16.0. The van der Waals surface area contributed by atoms with E-state index in [4.69, 9.17) is 0 Å². The van der Waals surface area contributed by atoms with Gasteiger partial charge < -0.3 is 0 Å². The topological polar surface area (TPSA) is 49.3 Å². The van der Waals surface area contributed by atoms with Crippen molar-refractivity contribution >= 4 is 38.3 Å². The molecule has 0 radical (unpaired) electrons. The summed E-state index contributed by atoms with van der Waals surface area (Å²) in [5.74, 6) is 0. The lowest BCUT2D eigenvalue weighted by atomic mass is 10.2. The molecule has 6 heteroatoms. The minimum atomic E-state index is 0.00492. The van der Waals surface area contributed by atoms with Gasteiger partial charge in [-0.2, -0.15) is 0 Å². The summed E-state index contributed by atoms with van der Waals surface area (Å²) in [6, 6.07) is 6.00. The molecule has 0 spiro atoms. The number of nitrogens with zero attached hydrogens (tertiary/aromatic N) is 4. The Morgan fingerprint density at radius 3 is 2.65 bits per heavy atom. The van der Waals surface area contributed by atoms with Crippen LogP contribution in [0.15, 0.2) is 36.8 Å². The van der Waals surface area contributed by atoms with Gasteiger partial charge in [0.1, 0.15) is 9.83 Å². The van der Waals surface area contributed by atoms with Crippen LogP contribution in [0.5, 0.6) is 0 Å². The molecule has 23 heavy (non-hydrogen) atoms. The number of pyridine rings is 2. The van der Waals surface area contributed by atoms with Crippen LogP contribution >= 0.6 is 11.3 Å². The molecule has 2 amide bonds. The van der Waals surface area contributed by atoms with Gasteiger partial charge in [-0.05, 0) is 43.2 Å². The van der Waals surface area contributed by atoms with Gasteiger partial charge in [0.2, 0.25) is 0 Å². The Morgan fingerprint density at radius 2 is 1.87 bits per heavy atom. The summed E-state index contributed by atoms with van der Waals surface area (Å²) >= 11 is 1.57. The van der Waals surface area contributed by atoms with E-state index in [9.17, 15) is 4.79 Å². The van der Waals surface area contributed by atoms with Crippen molar-refractivity contribution in [3.63, 3.8) is 0 Å². The van der Waals surface area contributed by atoms with E-state index < -0.39 is 0 Å². The summed E-state index contributed by atoms with van der Waals surface area (Å²) < 4.78 is 0. The second-order valence-electron chi connectivity index (χ2n) is 5.68. The summed E-state index contributed by atoms with van der Waals surface area (Å²) in [4.78, 5) is 26.0. The predicted molar refractivity (Wildman–Crippen MR) is 93.4 cm³/mol. The van der Waals surface area contributed by atoms with Gasteiger partial charge in [-0.25, -0.2) is 9.78 Å². The molecular weight excluding hydrogens is 308 g/mol. The minimum absolute atomic E-state index is 0.00492. The fraction of sp³-hybridized carbons (Fsp3) is 0.235. The fourth-order valence-corrected chi connectivity index (χ4v) is 3.99. The molecule has 0 saturated carbocycles. The third-order valence-electron chi connectivity index (χ3n) is 4.22. The molecule has 0 N–H and O–H groups in total. The van der Waals surface area contributed by atoms with Crippen LogP contribution < -0.4 is 9.80 Å². The lowest BCUT2D eigenvalue weighted by Gasteiger charge is -2.18. The molecule has 0 unspecified atom stereocenters. The van der Waals surface area contributed by atoms with Crippen molar-refractivity contribution in [2.75, 3.05) is 22.9 Å². The van der Waals surface area contributed by atoms with Crippen LogP contribution in [0.1, 0.15) is 11.1 Å². The third kappa shape index (κ3) is 2.26. The molecule has 3 aromatic heterocycles. The van der Waals surface area contributed by atoms with Gasteiger partial charge >= 0.3 is 6.03 Å². The first-order valence-corrected chi connectivity index (χ1v) is 8.31. The fourth-order valence-electron chi connectivity index (χ4n) is 2.89. The molecule has 0 atom stereocenters. The van der Waals surface area contributed by atoms with Crippen LogP contribution in [-0.2, 0) is 0 Å². The Kier molecular flexibility index (Phi) is 3.27. The number of rotatable bonds is 2. The van der Waals surface area contributed by atoms with Gasteiger partial charge in [0, 0.05) is 30.9 Å². The molecule has 0 bridgehead atoms. The van der Waals surface area contributed by atoms with E-state index in [0.717, 1.165) is 26.5 Å². The van der Waals surface area contributed by atoms with Crippen molar-refractivity contribution in [1.29, 1.82) is 0 Å². The highest BCUT2D eigenvalue weighted by molar-refractivity contribution is 7.22. The van der Waals surface area contributed by atoms with E-state index in [1.807, 2.05) is 30.2 Å². The average Bonchev–Trinajstić information content (AvgIpc) is 3.12. The highest BCUT2D eigenvalue weighted by Gasteiger charge is 2.32. The quantitative estimate of drug-likeness (QED) is 0.721. The molecule has 1 aliphatic rings. The number of fused-ring (bicyclic) bond motifs is 1. The molecule has 0 aliphatic carbocycles. The van der Waals surface area contributed by atoms with Crippen LogP contribution in [-0.4, -0.2) is 29.1 Å². The van der Waals surface area contributed by atoms with Crippen molar-refractivity contribution in [3.8, 4) is 0 Å². The lowest BCUT2D eigenvalue weighted by molar-refractivity contribution is 0.256. The van der Waals surface area contributed by atoms with E-state index >= 15 is 0 Å². The lowest BCUT2D eigenvalue weighted by Crippen LogP contribution is -2.31. The maximum atomic E-state index is 12.8. The molecular formula is C17H16N4OS. The Balaban J connectivity index is 1.69. The monoisotopic (exact) mass is 324 g/mol. The van der Waals surface area contributed by atoms with Crippen molar-refractivity contribution in [2.24, 2.45) is 0 Å². The molecule has 3 aromatic rings. The van der Waals surface area contributed by atoms with Gasteiger partial charge in [-0.3, -0.25) is 14.8 Å². The molecule has 0 aromatic carbocycles. The molecule has 1 saturated heterocycles. The van der Waals surface area contributed by atoms with Crippen molar-refractivity contribution < 1.29 is 4.79 Å². The van der Waals surface area contributed by atoms with Crippen LogP contribution in [0.2, 0.25) is 0 Å². The minimum Gasteiger partial charge on any atom is -0.290 e. The Hall–Kier alpha value is -2.47. The largest absolute Gasteiger partial charge is 0.329 e. The summed E-state index contributed by atoms with van der Waals surface area (Å²) in [7, 11) is 0. The Morgan fingerprint density at radius 1 is 1.09 bits per heavy atom. The van der Waals surface area contributed by atoms with Crippen LogP contribution in [0, 0.1) is 13.8 Å². The van der Waals surface area contributed by atoms with Crippen LogP contribution in [0.3, 0.4) is 0 Å². The normalized spacial score (nSPS) is 15.0. The maximum Gasteiger partial charge on any atom is 0.329 e. The van der Waals surface area contributed by atoms with E-state index in [1.165, 1.54) is 5.56 Å². The first-order valence-electron chi connectivity index (χ1n) is 7.50. The average molecular weight is 324 g/mol. The number of urea groups is 1. The smallest absolute Gasteiger partial charge is 0.290 e. The summed E-state index contributed by atoms with van der Waals surface area (Å²) in [6.07, 6.45) is 5.32. The van der Waals surface area contributed by atoms with Crippen molar-refractivity contribution in [3.05, 3.63) is 47.9 Å². The predicted octanol–water partition coefficient (Wildman–Crippen LogP) is 3.75. The zero-order valence-corrected chi connectivity index (χ0v) is 13.8. The second kappa shape index (κ2) is 5.31. The SMILES string of the molecule is Cc1ccncc1N1CCN(c2cc3c(C)ccnc3s2)C1=O. The second-order valence-corrected chi connectivity index (χ2v) is 6.69. The number of carbonyl (C=O) groups is 1. The number of carbonyl (C=O) groups excluding carboxylic acids is 1. The number of aryl methyl sites for hydroxylation is 2. The zero-order valence-electron chi connectivity index (χ0n) is 13.0. The molecule has 5 nitrogen and oxygen atoms in total. The first-order chi connectivity index (χ1) is 11.1. The molecule has 1 fully saturated rings. The maximum absolute atomic E-state index is 12.8. The number of anilines is 2. The Bertz CT molecular complexity index is 904. The van der Waals surface area contributed by atoms with Crippen molar-refractivity contribution in [1.82, 2.24) is 9.97 Å². The number of thiophene rings is 1. The van der Waals surface area contributed by atoms with Gasteiger partial charge in [-0.15, -0.1) is 0 Å². The molecule has 4 rings (SSSR count). The van der Waals surface area contributed by atoms with Gasteiger partial charge in [-0.1, -0.05) is 11.3 Å². The van der Waals surface area contributed by atoms with E-state index in [0.29, 0.717) is 13.1 Å². The third-order valence-corrected chi connectivity index (χ3v) is 5.28. The number of aromatic nitrogens is 2. The number of amides is 2. The Labute approximate surface area is 138 Å². The van der Waals surface area contributed by atoms with Crippen molar-refractivity contribution in [2.45, 2.75) is 13.8 Å². The van der Waals surface area contributed by atoms with E-state index in [-0.39, 0.29) is 6.03 Å². The van der Waals surface area contributed by atoms with Crippen LogP contribution in [0.4, 0.5) is 15.5 Å². The standard InChI is InChI=1S/C17H16N4OS/c1-11-4-6-19-16-13(11)9-15(23-16)21-8-7-20(17(21)22)14-10-18-5-3-12(14)2/h3-6,9-10H,7-8H2,1-2H3. The molecule has 1 aliphatic heterocycles. The molecule has 116 valence electrons. The summed E-state index contributed by atoms with van der Waals surface area (Å²) in [5, 5.41) is 2.08. The highest BCUT2D eigenvalue weighted by atomic mass is 32.1. The summed E-state index contributed by atoms with van der Waals surface area (Å²) in [5.41, 5.74) is 3.13. The van der Waals surface area contributed by atoms with E-state index in [1.54, 1.807) is 28.6 Å². The first kappa shape index (κ1) is 14.1. The van der Waals surface area contributed by atoms with Gasteiger partial charge in [0.25, 0.3) is 0 Å². The summed E-state index contributed by atoms with van der Waals surface area (Å²) in [6.45, 7) is 5.42. The van der Waals surface area contributed by atoms with E-state index in [2.05, 4.69) is 23.0 Å². The number of hydrogen-bond donors (Lipinski definition) is 0. The van der Waals surface area contributed by atoms with Crippen LogP contribution in [0.25, 0.3) is 10.2 Å². The molecule has 4 heterocycles. The van der Waals surface area contributed by atoms with Gasteiger partial charge in [0.05, 0.1) is 11.9 Å².